The summed E-state index contributed by atoms with van der Waals surface area (Å²) in [5.41, 5.74) is 5.09. The lowest BCUT2D eigenvalue weighted by Gasteiger charge is -2.25. The third kappa shape index (κ3) is 4.64. The molecule has 1 unspecified atom stereocenters. The maximum absolute atomic E-state index is 12.5. The van der Waals surface area contributed by atoms with Crippen molar-refractivity contribution in [1.29, 1.82) is 0 Å². The van der Waals surface area contributed by atoms with Crippen molar-refractivity contribution in [2.24, 2.45) is 11.1 Å². The lowest BCUT2D eigenvalue weighted by Crippen LogP contribution is -2.51. The molecule has 0 aliphatic carbocycles. The Kier molecular flexibility index (Phi) is 6.06. The number of rotatable bonds is 7. The summed E-state index contributed by atoms with van der Waals surface area (Å²) >= 11 is 0. The van der Waals surface area contributed by atoms with Gasteiger partial charge in [-0.3, -0.25) is 19.2 Å². The summed E-state index contributed by atoms with van der Waals surface area (Å²) in [6, 6.07) is -1.58. The standard InChI is InChI=1S/C16H25N3O4/c1-5-6-11(13(21)8-20)18-14(22)12-7-16(3,4)9-19(12)15(23)10(2)17/h8,11-12H,2,5-7,9,17H2,1,3-4H3,(H,18,22)/t11?,12-/m0/s1. The van der Waals surface area contributed by atoms with Crippen LogP contribution in [0.2, 0.25) is 0 Å². The van der Waals surface area contributed by atoms with Crippen molar-refractivity contribution in [2.75, 3.05) is 6.54 Å². The second-order valence-corrected chi connectivity index (χ2v) is 6.71. The van der Waals surface area contributed by atoms with E-state index in [0.29, 0.717) is 25.8 Å². The molecule has 2 atom stereocenters. The second-order valence-electron chi connectivity index (χ2n) is 6.71. The molecule has 0 aromatic carbocycles. The van der Waals surface area contributed by atoms with Gasteiger partial charge in [0.15, 0.2) is 6.29 Å². The average Bonchev–Trinajstić information content (AvgIpc) is 2.80. The summed E-state index contributed by atoms with van der Waals surface area (Å²) in [5.74, 6) is -1.60. The second kappa shape index (κ2) is 7.39. The van der Waals surface area contributed by atoms with Gasteiger partial charge in [0.25, 0.3) is 5.91 Å². The normalized spacial score (nSPS) is 20.7. The molecule has 1 fully saturated rings. The molecule has 1 heterocycles. The molecule has 0 radical (unpaired) electrons. The molecule has 1 aliphatic heterocycles. The summed E-state index contributed by atoms with van der Waals surface area (Å²) < 4.78 is 0. The van der Waals surface area contributed by atoms with E-state index in [-0.39, 0.29) is 17.4 Å². The minimum Gasteiger partial charge on any atom is -0.395 e. The zero-order valence-electron chi connectivity index (χ0n) is 13.9. The monoisotopic (exact) mass is 323 g/mol. The highest BCUT2D eigenvalue weighted by Crippen LogP contribution is 2.34. The molecule has 3 N–H and O–H groups in total. The van der Waals surface area contributed by atoms with Crippen LogP contribution < -0.4 is 11.1 Å². The van der Waals surface area contributed by atoms with Gasteiger partial charge in [-0.05, 0) is 18.3 Å². The van der Waals surface area contributed by atoms with E-state index in [4.69, 9.17) is 5.73 Å². The predicted molar refractivity (Wildman–Crippen MR) is 85.1 cm³/mol. The van der Waals surface area contributed by atoms with Gasteiger partial charge in [-0.2, -0.15) is 0 Å². The lowest BCUT2D eigenvalue weighted by molar-refractivity contribution is -0.138. The van der Waals surface area contributed by atoms with Crippen LogP contribution in [-0.4, -0.2) is 47.4 Å². The first kappa shape index (κ1) is 18.9. The van der Waals surface area contributed by atoms with E-state index in [9.17, 15) is 19.2 Å². The van der Waals surface area contributed by atoms with Crippen molar-refractivity contribution in [2.45, 2.75) is 52.1 Å². The first-order valence-electron chi connectivity index (χ1n) is 7.67. The summed E-state index contributed by atoms with van der Waals surface area (Å²) in [6.45, 7) is 9.54. The lowest BCUT2D eigenvalue weighted by atomic mass is 9.90. The van der Waals surface area contributed by atoms with Gasteiger partial charge >= 0.3 is 0 Å². The van der Waals surface area contributed by atoms with Gasteiger partial charge in [-0.1, -0.05) is 33.8 Å². The van der Waals surface area contributed by atoms with Gasteiger partial charge in [0.1, 0.15) is 6.04 Å². The van der Waals surface area contributed by atoms with E-state index in [1.807, 2.05) is 20.8 Å². The molecule has 7 nitrogen and oxygen atoms in total. The third-order valence-corrected chi connectivity index (χ3v) is 3.91. The number of likely N-dealkylation sites (tertiary alicyclic amines) is 1. The van der Waals surface area contributed by atoms with Crippen LogP contribution in [-0.2, 0) is 19.2 Å². The fourth-order valence-corrected chi connectivity index (χ4v) is 2.83. The zero-order valence-corrected chi connectivity index (χ0v) is 13.9. The van der Waals surface area contributed by atoms with Crippen molar-refractivity contribution in [3.63, 3.8) is 0 Å². The number of carbonyl (C=O) groups excluding carboxylic acids is 4. The first-order valence-corrected chi connectivity index (χ1v) is 7.67. The molecule has 0 aromatic rings. The van der Waals surface area contributed by atoms with E-state index in [1.54, 1.807) is 0 Å². The number of aldehydes is 1. The maximum Gasteiger partial charge on any atom is 0.269 e. The number of nitrogens with two attached hydrogens (primary N) is 1. The molecule has 0 saturated carbocycles. The molecular weight excluding hydrogens is 298 g/mol. The molecule has 1 aliphatic rings. The quantitative estimate of drug-likeness (QED) is 0.393. The molecule has 0 bridgehead atoms. The summed E-state index contributed by atoms with van der Waals surface area (Å²) in [5, 5.41) is 2.59. The van der Waals surface area contributed by atoms with Crippen LogP contribution in [0.5, 0.6) is 0 Å². The molecular formula is C16H25N3O4. The highest BCUT2D eigenvalue weighted by Gasteiger charge is 2.44. The van der Waals surface area contributed by atoms with Gasteiger partial charge in [0, 0.05) is 6.54 Å². The molecule has 2 amide bonds. The summed E-state index contributed by atoms with van der Waals surface area (Å²) in [6.07, 6.45) is 1.68. The van der Waals surface area contributed by atoms with Crippen LogP contribution in [0.3, 0.4) is 0 Å². The Morgan fingerprint density at radius 1 is 1.43 bits per heavy atom. The van der Waals surface area contributed by atoms with E-state index in [0.717, 1.165) is 0 Å². The SMILES string of the molecule is C=C(N)C(=O)N1CC(C)(C)C[C@H]1C(=O)NC(CCC)C(=O)C=O. The van der Waals surface area contributed by atoms with Crippen molar-refractivity contribution >= 4 is 23.9 Å². The first-order chi connectivity index (χ1) is 10.6. The van der Waals surface area contributed by atoms with Gasteiger partial charge in [-0.25, -0.2) is 0 Å². The predicted octanol–water partition coefficient (Wildman–Crippen LogP) is 0.139. The Bertz CT molecular complexity index is 527. The number of Topliss-reactive ketones (excluding diaryl/α,β-unsaturated/α-hetero) is 1. The third-order valence-electron chi connectivity index (χ3n) is 3.91. The largest absolute Gasteiger partial charge is 0.395 e. The Balaban J connectivity index is 2.94. The molecule has 1 saturated heterocycles. The van der Waals surface area contributed by atoms with E-state index in [2.05, 4.69) is 11.9 Å². The van der Waals surface area contributed by atoms with Crippen LogP contribution in [0.1, 0.15) is 40.0 Å². The highest BCUT2D eigenvalue weighted by atomic mass is 16.2. The maximum atomic E-state index is 12.5. The van der Waals surface area contributed by atoms with Crippen LogP contribution >= 0.6 is 0 Å². The number of hydrogen-bond acceptors (Lipinski definition) is 5. The van der Waals surface area contributed by atoms with Crippen LogP contribution in [0.25, 0.3) is 0 Å². The molecule has 1 rings (SSSR count). The number of nitrogens with zero attached hydrogens (tertiary/aromatic N) is 1. The van der Waals surface area contributed by atoms with Crippen LogP contribution in [0, 0.1) is 5.41 Å². The van der Waals surface area contributed by atoms with Crippen LogP contribution in [0.4, 0.5) is 0 Å². The van der Waals surface area contributed by atoms with Gasteiger partial charge in [-0.15, -0.1) is 0 Å². The van der Waals surface area contributed by atoms with Gasteiger partial charge in [0.2, 0.25) is 11.7 Å². The molecule has 128 valence electrons. The number of ketones is 1. The van der Waals surface area contributed by atoms with Crippen molar-refractivity contribution in [3.05, 3.63) is 12.3 Å². The number of nitrogens with one attached hydrogen (secondary N) is 1. The Morgan fingerprint density at radius 2 is 2.04 bits per heavy atom. The van der Waals surface area contributed by atoms with Crippen LogP contribution in [0.15, 0.2) is 12.3 Å². The Hall–Kier alpha value is -2.18. The average molecular weight is 323 g/mol. The molecule has 7 heteroatoms. The number of hydrogen-bond donors (Lipinski definition) is 2. The van der Waals surface area contributed by atoms with Crippen molar-refractivity contribution < 1.29 is 19.2 Å². The Labute approximate surface area is 136 Å². The van der Waals surface area contributed by atoms with Crippen molar-refractivity contribution in [3.8, 4) is 0 Å². The fraction of sp³-hybridized carbons (Fsp3) is 0.625. The molecule has 23 heavy (non-hydrogen) atoms. The summed E-state index contributed by atoms with van der Waals surface area (Å²) in [4.78, 5) is 48.4. The fourth-order valence-electron chi connectivity index (χ4n) is 2.83. The zero-order chi connectivity index (χ0) is 17.8. The minimum atomic E-state index is -0.855. The van der Waals surface area contributed by atoms with Gasteiger partial charge in [0.05, 0.1) is 11.7 Å². The molecule has 0 spiro atoms. The van der Waals surface area contributed by atoms with Gasteiger partial charge < -0.3 is 16.0 Å². The summed E-state index contributed by atoms with van der Waals surface area (Å²) in [7, 11) is 0. The smallest absolute Gasteiger partial charge is 0.269 e. The van der Waals surface area contributed by atoms with E-state index < -0.39 is 29.7 Å². The van der Waals surface area contributed by atoms with Crippen molar-refractivity contribution in [1.82, 2.24) is 10.2 Å². The highest BCUT2D eigenvalue weighted by molar-refractivity contribution is 6.28. The number of carbonyl (C=O) groups is 4. The number of amides is 2. The topological polar surface area (TPSA) is 110 Å². The molecule has 0 aromatic heterocycles. The minimum absolute atomic E-state index is 0.130. The van der Waals surface area contributed by atoms with E-state index in [1.165, 1.54) is 4.90 Å². The van der Waals surface area contributed by atoms with E-state index >= 15 is 0 Å². The Morgan fingerprint density at radius 3 is 2.52 bits per heavy atom.